The molecule has 0 bridgehead atoms. The molecular weight excluding hydrogens is 352 g/mol. The summed E-state index contributed by atoms with van der Waals surface area (Å²) in [6.45, 7) is 0. The van der Waals surface area contributed by atoms with E-state index in [1.807, 2.05) is 0 Å². The Morgan fingerprint density at radius 1 is 0.944 bits per heavy atom. The fourth-order valence-electron chi connectivity index (χ4n) is 3.03. The summed E-state index contributed by atoms with van der Waals surface area (Å²) in [4.78, 5) is 0.498. The predicted molar refractivity (Wildman–Crippen MR) is 85.3 cm³/mol. The van der Waals surface area contributed by atoms with Gasteiger partial charge >= 0.3 is 0 Å². The van der Waals surface area contributed by atoms with E-state index >= 15 is 0 Å². The second kappa shape index (κ2) is 5.34. The van der Waals surface area contributed by atoms with Crippen molar-refractivity contribution in [2.45, 2.75) is 30.5 Å². The van der Waals surface area contributed by atoms with Gasteiger partial charge in [0.25, 0.3) is 0 Å². The van der Waals surface area contributed by atoms with Crippen LogP contribution in [0.15, 0.2) is 40.9 Å². The van der Waals surface area contributed by atoms with Gasteiger partial charge in [0.05, 0.1) is 0 Å². The van der Waals surface area contributed by atoms with Crippen LogP contribution < -0.4 is 0 Å². The van der Waals surface area contributed by atoms with E-state index in [1.165, 1.54) is 46.5 Å². The minimum atomic E-state index is 0.498. The smallest absolute Gasteiger partial charge is 0.0429 e. The summed E-state index contributed by atoms with van der Waals surface area (Å²) < 4.78 is 1.19. The average Bonchev–Trinajstić information content (AvgIpc) is 2.93. The average molecular weight is 368 g/mol. The zero-order valence-corrected chi connectivity index (χ0v) is 13.4. The Bertz CT molecular complexity index is 556. The van der Waals surface area contributed by atoms with E-state index in [0.29, 0.717) is 4.83 Å². The lowest BCUT2D eigenvalue weighted by atomic mass is 9.94. The molecule has 0 N–H and O–H groups in total. The molecule has 0 amide bonds. The SMILES string of the molecule is Brc1ccc(C(Br)C2CCCC2)c2ccccc12. The van der Waals surface area contributed by atoms with Crippen molar-refractivity contribution in [1.82, 2.24) is 0 Å². The summed E-state index contributed by atoms with van der Waals surface area (Å²) in [6, 6.07) is 13.1. The number of hydrogen-bond donors (Lipinski definition) is 0. The summed E-state index contributed by atoms with van der Waals surface area (Å²) in [7, 11) is 0. The van der Waals surface area contributed by atoms with Crippen molar-refractivity contribution >= 4 is 42.6 Å². The van der Waals surface area contributed by atoms with Gasteiger partial charge in [0.15, 0.2) is 0 Å². The molecule has 2 aromatic rings. The topological polar surface area (TPSA) is 0 Å². The highest BCUT2D eigenvalue weighted by molar-refractivity contribution is 9.10. The highest BCUT2D eigenvalue weighted by Gasteiger charge is 2.25. The highest BCUT2D eigenvalue weighted by Crippen LogP contribution is 2.44. The molecule has 0 saturated heterocycles. The maximum Gasteiger partial charge on any atom is 0.0429 e. The third-order valence-corrected chi connectivity index (χ3v) is 5.95. The molecule has 1 fully saturated rings. The molecule has 0 radical (unpaired) electrons. The first-order valence-electron chi connectivity index (χ1n) is 6.58. The number of fused-ring (bicyclic) bond motifs is 1. The zero-order valence-electron chi connectivity index (χ0n) is 10.2. The monoisotopic (exact) mass is 366 g/mol. The minimum Gasteiger partial charge on any atom is -0.0836 e. The van der Waals surface area contributed by atoms with Gasteiger partial charge in [0.1, 0.15) is 0 Å². The van der Waals surface area contributed by atoms with Gasteiger partial charge in [-0.25, -0.2) is 0 Å². The van der Waals surface area contributed by atoms with Crippen LogP contribution in [0.25, 0.3) is 10.8 Å². The Morgan fingerprint density at radius 3 is 2.33 bits per heavy atom. The van der Waals surface area contributed by atoms with E-state index in [-0.39, 0.29) is 0 Å². The van der Waals surface area contributed by atoms with Crippen molar-refractivity contribution in [2.75, 3.05) is 0 Å². The van der Waals surface area contributed by atoms with Gasteiger partial charge in [-0.2, -0.15) is 0 Å². The molecule has 2 aromatic carbocycles. The maximum absolute atomic E-state index is 3.94. The molecule has 0 aromatic heterocycles. The van der Waals surface area contributed by atoms with Crippen LogP contribution in [0.4, 0.5) is 0 Å². The molecule has 1 unspecified atom stereocenters. The largest absolute Gasteiger partial charge is 0.0836 e. The molecule has 1 saturated carbocycles. The molecule has 0 nitrogen and oxygen atoms in total. The lowest BCUT2D eigenvalue weighted by Crippen LogP contribution is -2.03. The summed E-state index contributed by atoms with van der Waals surface area (Å²) >= 11 is 7.59. The van der Waals surface area contributed by atoms with Gasteiger partial charge in [-0.05, 0) is 41.2 Å². The molecule has 2 heteroatoms. The first-order chi connectivity index (χ1) is 8.77. The van der Waals surface area contributed by atoms with Gasteiger partial charge in [0, 0.05) is 9.30 Å². The summed E-state index contributed by atoms with van der Waals surface area (Å²) in [5.41, 5.74) is 1.45. The number of alkyl halides is 1. The van der Waals surface area contributed by atoms with Crippen LogP contribution in [-0.2, 0) is 0 Å². The Labute approximate surface area is 125 Å². The third kappa shape index (κ3) is 2.25. The number of rotatable bonds is 2. The summed E-state index contributed by atoms with van der Waals surface area (Å²) in [5, 5.41) is 2.69. The van der Waals surface area contributed by atoms with Gasteiger partial charge < -0.3 is 0 Å². The molecule has 0 heterocycles. The van der Waals surface area contributed by atoms with Crippen molar-refractivity contribution in [2.24, 2.45) is 5.92 Å². The Kier molecular flexibility index (Phi) is 3.76. The van der Waals surface area contributed by atoms with Crippen molar-refractivity contribution < 1.29 is 0 Å². The van der Waals surface area contributed by atoms with Crippen LogP contribution in [0.1, 0.15) is 36.1 Å². The van der Waals surface area contributed by atoms with Crippen LogP contribution in [0, 0.1) is 5.92 Å². The Balaban J connectivity index is 2.08. The van der Waals surface area contributed by atoms with E-state index in [1.54, 1.807) is 0 Å². The van der Waals surface area contributed by atoms with E-state index in [4.69, 9.17) is 0 Å². The standard InChI is InChI=1S/C16H16Br2/c17-15-10-9-14(12-7-3-4-8-13(12)15)16(18)11-5-1-2-6-11/h3-4,7-11,16H,1-2,5-6H2. The van der Waals surface area contributed by atoms with E-state index in [2.05, 4.69) is 68.3 Å². The zero-order chi connectivity index (χ0) is 12.5. The molecule has 0 aliphatic heterocycles. The summed E-state index contributed by atoms with van der Waals surface area (Å²) in [6.07, 6.45) is 5.50. The van der Waals surface area contributed by atoms with Gasteiger partial charge in [-0.15, -0.1) is 0 Å². The molecule has 94 valence electrons. The quantitative estimate of drug-likeness (QED) is 0.552. The second-order valence-electron chi connectivity index (χ2n) is 5.13. The lowest BCUT2D eigenvalue weighted by Gasteiger charge is -2.19. The molecule has 0 spiro atoms. The molecule has 1 atom stereocenters. The van der Waals surface area contributed by atoms with Crippen LogP contribution in [0.5, 0.6) is 0 Å². The molecule has 3 rings (SSSR count). The van der Waals surface area contributed by atoms with Crippen molar-refractivity contribution in [1.29, 1.82) is 0 Å². The highest BCUT2D eigenvalue weighted by atomic mass is 79.9. The van der Waals surface area contributed by atoms with Gasteiger partial charge in [-0.3, -0.25) is 0 Å². The van der Waals surface area contributed by atoms with E-state index < -0.39 is 0 Å². The second-order valence-corrected chi connectivity index (χ2v) is 6.97. The fourth-order valence-corrected chi connectivity index (χ4v) is 4.44. The predicted octanol–water partition coefficient (Wildman–Crippen LogP) is 6.23. The molecular formula is C16H16Br2. The number of halogens is 2. The lowest BCUT2D eigenvalue weighted by molar-refractivity contribution is 0.544. The first-order valence-corrected chi connectivity index (χ1v) is 8.29. The fraction of sp³-hybridized carbons (Fsp3) is 0.375. The summed E-state index contributed by atoms with van der Waals surface area (Å²) in [5.74, 6) is 0.801. The normalized spacial score (nSPS) is 18.3. The van der Waals surface area contributed by atoms with Gasteiger partial charge in [-0.1, -0.05) is 75.0 Å². The third-order valence-electron chi connectivity index (χ3n) is 4.02. The van der Waals surface area contributed by atoms with Crippen LogP contribution in [0.2, 0.25) is 0 Å². The van der Waals surface area contributed by atoms with Crippen molar-refractivity contribution in [3.63, 3.8) is 0 Å². The van der Waals surface area contributed by atoms with Crippen LogP contribution in [-0.4, -0.2) is 0 Å². The Hall–Kier alpha value is -0.340. The number of benzene rings is 2. The van der Waals surface area contributed by atoms with E-state index in [0.717, 1.165) is 5.92 Å². The van der Waals surface area contributed by atoms with Gasteiger partial charge in [0.2, 0.25) is 0 Å². The molecule has 1 aliphatic rings. The maximum atomic E-state index is 3.94. The van der Waals surface area contributed by atoms with Crippen molar-refractivity contribution in [3.05, 3.63) is 46.4 Å². The van der Waals surface area contributed by atoms with E-state index in [9.17, 15) is 0 Å². The minimum absolute atomic E-state index is 0.498. The number of hydrogen-bond acceptors (Lipinski definition) is 0. The molecule has 1 aliphatic carbocycles. The van der Waals surface area contributed by atoms with Crippen molar-refractivity contribution in [3.8, 4) is 0 Å². The van der Waals surface area contributed by atoms with Crippen LogP contribution in [0.3, 0.4) is 0 Å². The first kappa shape index (κ1) is 12.7. The molecule has 18 heavy (non-hydrogen) atoms. The Morgan fingerprint density at radius 2 is 1.61 bits per heavy atom. The van der Waals surface area contributed by atoms with Crippen LogP contribution >= 0.6 is 31.9 Å².